The molecule has 0 N–H and O–H groups in total. The Morgan fingerprint density at radius 2 is 2.08 bits per heavy atom. The average molecular weight is 320 g/mol. The van der Waals surface area contributed by atoms with Gasteiger partial charge in [-0.3, -0.25) is 4.79 Å². The number of carbonyl (C=O) groups excluding carboxylic acids is 1. The molecular formula is C18H16N4O2. The van der Waals surface area contributed by atoms with Gasteiger partial charge in [-0.25, -0.2) is 9.50 Å². The highest BCUT2D eigenvalue weighted by atomic mass is 16.5. The lowest BCUT2D eigenvalue weighted by Gasteiger charge is -2.08. The van der Waals surface area contributed by atoms with Crippen molar-refractivity contribution in [3.63, 3.8) is 0 Å². The van der Waals surface area contributed by atoms with Crippen LogP contribution in [0.5, 0.6) is 0 Å². The van der Waals surface area contributed by atoms with Gasteiger partial charge >= 0.3 is 0 Å². The van der Waals surface area contributed by atoms with Crippen LogP contribution in [0.3, 0.4) is 0 Å². The molecule has 2 aromatic heterocycles. The molecule has 2 heterocycles. The summed E-state index contributed by atoms with van der Waals surface area (Å²) in [5.74, 6) is 0.0486. The Labute approximate surface area is 139 Å². The van der Waals surface area contributed by atoms with Crippen LogP contribution >= 0.6 is 0 Å². The molecule has 0 aliphatic heterocycles. The summed E-state index contributed by atoms with van der Waals surface area (Å²) >= 11 is 0. The van der Waals surface area contributed by atoms with Crippen LogP contribution in [-0.4, -0.2) is 34.1 Å². The van der Waals surface area contributed by atoms with Gasteiger partial charge < -0.3 is 4.74 Å². The maximum absolute atomic E-state index is 12.4. The number of rotatable bonds is 6. The first-order chi connectivity index (χ1) is 11.7. The van der Waals surface area contributed by atoms with Crippen LogP contribution in [0.15, 0.2) is 42.7 Å². The van der Waals surface area contributed by atoms with E-state index >= 15 is 0 Å². The van der Waals surface area contributed by atoms with Crippen molar-refractivity contribution < 1.29 is 9.53 Å². The number of hydrogen-bond donors (Lipinski definition) is 0. The molecule has 0 atom stereocenters. The summed E-state index contributed by atoms with van der Waals surface area (Å²) in [5.41, 5.74) is 3.44. The van der Waals surface area contributed by atoms with E-state index in [4.69, 9.17) is 10.00 Å². The fraction of sp³-hybridized carbons (Fsp3) is 0.222. The number of carbonyl (C=O) groups is 1. The monoisotopic (exact) mass is 320 g/mol. The Morgan fingerprint density at radius 1 is 1.29 bits per heavy atom. The highest BCUT2D eigenvalue weighted by molar-refractivity contribution is 5.98. The molecule has 0 radical (unpaired) electrons. The smallest absolute Gasteiger partial charge is 0.163 e. The lowest BCUT2D eigenvalue weighted by atomic mass is 10.0. The molecule has 6 heteroatoms. The zero-order valence-electron chi connectivity index (χ0n) is 13.3. The molecule has 0 bridgehead atoms. The molecule has 0 spiro atoms. The van der Waals surface area contributed by atoms with E-state index in [1.165, 1.54) is 6.33 Å². The molecule has 0 saturated heterocycles. The number of ether oxygens (including phenoxy) is 1. The number of benzene rings is 1. The van der Waals surface area contributed by atoms with Gasteiger partial charge in [0, 0.05) is 31.3 Å². The second-order valence-electron chi connectivity index (χ2n) is 5.37. The highest BCUT2D eigenvalue weighted by Crippen LogP contribution is 2.23. The van der Waals surface area contributed by atoms with Gasteiger partial charge in [0.25, 0.3) is 0 Å². The van der Waals surface area contributed by atoms with Gasteiger partial charge in [0.1, 0.15) is 6.33 Å². The molecule has 0 aliphatic rings. The van der Waals surface area contributed by atoms with E-state index < -0.39 is 0 Å². The summed E-state index contributed by atoms with van der Waals surface area (Å²) in [6.07, 6.45) is 2.56. The Bertz CT molecular complexity index is 907. The normalized spacial score (nSPS) is 10.7. The molecule has 0 fully saturated rings. The molecule has 0 saturated carbocycles. The van der Waals surface area contributed by atoms with Crippen molar-refractivity contribution >= 4 is 11.4 Å². The zero-order chi connectivity index (χ0) is 16.9. The van der Waals surface area contributed by atoms with Gasteiger partial charge in [0.2, 0.25) is 0 Å². The predicted molar refractivity (Wildman–Crippen MR) is 88.6 cm³/mol. The van der Waals surface area contributed by atoms with Crippen LogP contribution in [0.4, 0.5) is 0 Å². The molecule has 3 rings (SSSR count). The van der Waals surface area contributed by atoms with Gasteiger partial charge in [-0.2, -0.15) is 10.4 Å². The molecule has 6 nitrogen and oxygen atoms in total. The summed E-state index contributed by atoms with van der Waals surface area (Å²) in [6, 6.07) is 12.8. The van der Waals surface area contributed by atoms with Crippen LogP contribution < -0.4 is 0 Å². The quantitative estimate of drug-likeness (QED) is 0.515. The van der Waals surface area contributed by atoms with Crippen molar-refractivity contribution in [2.24, 2.45) is 0 Å². The summed E-state index contributed by atoms with van der Waals surface area (Å²) in [5, 5.41) is 13.1. The maximum atomic E-state index is 12.4. The van der Waals surface area contributed by atoms with Crippen molar-refractivity contribution in [1.29, 1.82) is 5.26 Å². The number of ketones is 1. The Balaban J connectivity index is 2.01. The standard InChI is InChI=1S/C18H16N4O2/c1-24-8-2-3-17(23)15-9-16(22-18(10-15)20-12-21-22)14-6-4-13(11-19)5-7-14/h4-7,9-10,12H,2-3,8H2,1H3. The number of Topliss-reactive ketones (excluding diaryl/α,β-unsaturated/α-hetero) is 1. The van der Waals surface area contributed by atoms with Crippen LogP contribution in [-0.2, 0) is 4.74 Å². The van der Waals surface area contributed by atoms with E-state index in [9.17, 15) is 4.79 Å². The Morgan fingerprint density at radius 3 is 2.79 bits per heavy atom. The van der Waals surface area contributed by atoms with E-state index in [2.05, 4.69) is 16.2 Å². The molecular weight excluding hydrogens is 304 g/mol. The van der Waals surface area contributed by atoms with Gasteiger partial charge in [0.15, 0.2) is 11.4 Å². The highest BCUT2D eigenvalue weighted by Gasteiger charge is 2.13. The van der Waals surface area contributed by atoms with Crippen molar-refractivity contribution in [2.75, 3.05) is 13.7 Å². The fourth-order valence-corrected chi connectivity index (χ4v) is 2.53. The first kappa shape index (κ1) is 15.8. The topological polar surface area (TPSA) is 80.3 Å². The average Bonchev–Trinajstić information content (AvgIpc) is 3.09. The SMILES string of the molecule is COCCCC(=O)c1cc(-c2ccc(C#N)cc2)n2ncnc2c1. The van der Waals surface area contributed by atoms with Gasteiger partial charge in [-0.1, -0.05) is 12.1 Å². The zero-order valence-corrected chi connectivity index (χ0v) is 13.3. The van der Waals surface area contributed by atoms with Crippen molar-refractivity contribution in [3.05, 3.63) is 53.9 Å². The van der Waals surface area contributed by atoms with Crippen LogP contribution in [0, 0.1) is 11.3 Å². The third-order valence-electron chi connectivity index (χ3n) is 3.76. The summed E-state index contributed by atoms with van der Waals surface area (Å²) in [4.78, 5) is 16.6. The lowest BCUT2D eigenvalue weighted by Crippen LogP contribution is -2.04. The minimum atomic E-state index is 0.0486. The molecule has 0 unspecified atom stereocenters. The number of nitrogens with zero attached hydrogens (tertiary/aromatic N) is 4. The number of fused-ring (bicyclic) bond motifs is 1. The van der Waals surface area contributed by atoms with E-state index in [1.807, 2.05) is 18.2 Å². The summed E-state index contributed by atoms with van der Waals surface area (Å²) in [6.45, 7) is 0.557. The van der Waals surface area contributed by atoms with E-state index in [-0.39, 0.29) is 5.78 Å². The molecule has 120 valence electrons. The lowest BCUT2D eigenvalue weighted by molar-refractivity contribution is 0.0963. The summed E-state index contributed by atoms with van der Waals surface area (Å²) < 4.78 is 6.68. The van der Waals surface area contributed by atoms with Crippen molar-refractivity contribution in [1.82, 2.24) is 14.6 Å². The van der Waals surface area contributed by atoms with Crippen LogP contribution in [0.2, 0.25) is 0 Å². The number of hydrogen-bond acceptors (Lipinski definition) is 5. The molecule has 0 amide bonds. The summed E-state index contributed by atoms with van der Waals surface area (Å²) in [7, 11) is 1.62. The van der Waals surface area contributed by atoms with E-state index in [0.717, 1.165) is 11.3 Å². The van der Waals surface area contributed by atoms with E-state index in [1.54, 1.807) is 29.8 Å². The molecule has 3 aromatic rings. The minimum absolute atomic E-state index is 0.0486. The minimum Gasteiger partial charge on any atom is -0.385 e. The first-order valence-electron chi connectivity index (χ1n) is 7.59. The Hall–Kier alpha value is -3.04. The van der Waals surface area contributed by atoms with E-state index in [0.29, 0.717) is 36.2 Å². The van der Waals surface area contributed by atoms with Gasteiger partial charge in [-0.05, 0) is 30.7 Å². The largest absolute Gasteiger partial charge is 0.385 e. The molecule has 24 heavy (non-hydrogen) atoms. The number of nitriles is 1. The first-order valence-corrected chi connectivity index (χ1v) is 7.59. The van der Waals surface area contributed by atoms with Crippen molar-refractivity contribution in [2.45, 2.75) is 12.8 Å². The van der Waals surface area contributed by atoms with Crippen LogP contribution in [0.25, 0.3) is 16.9 Å². The third kappa shape index (κ3) is 3.16. The Kier molecular flexibility index (Phi) is 4.64. The molecule has 0 aliphatic carbocycles. The second kappa shape index (κ2) is 7.02. The number of methoxy groups -OCH3 is 1. The van der Waals surface area contributed by atoms with Crippen molar-refractivity contribution in [3.8, 4) is 17.3 Å². The number of aromatic nitrogens is 3. The predicted octanol–water partition coefficient (Wildman–Crippen LogP) is 2.88. The maximum Gasteiger partial charge on any atom is 0.163 e. The third-order valence-corrected chi connectivity index (χ3v) is 3.76. The van der Waals surface area contributed by atoms with Crippen LogP contribution in [0.1, 0.15) is 28.8 Å². The fourth-order valence-electron chi connectivity index (χ4n) is 2.53. The van der Waals surface area contributed by atoms with Gasteiger partial charge in [-0.15, -0.1) is 0 Å². The number of pyridine rings is 1. The second-order valence-corrected chi connectivity index (χ2v) is 5.37. The van der Waals surface area contributed by atoms with Gasteiger partial charge in [0.05, 0.1) is 17.3 Å². The molecule has 1 aromatic carbocycles.